The van der Waals surface area contributed by atoms with Gasteiger partial charge in [-0.15, -0.1) is 0 Å². The Morgan fingerprint density at radius 1 is 0.760 bits per heavy atom. The van der Waals surface area contributed by atoms with Crippen LogP contribution in [-0.4, -0.2) is 9.97 Å². The fourth-order valence-corrected chi connectivity index (χ4v) is 3.13. The number of allylic oxidation sites excluding steroid dienone is 4. The van der Waals surface area contributed by atoms with Crippen molar-refractivity contribution in [3.05, 3.63) is 90.9 Å². The van der Waals surface area contributed by atoms with E-state index in [1.165, 1.54) is 5.57 Å². The molecule has 0 amide bonds. The van der Waals surface area contributed by atoms with Crippen LogP contribution in [0.4, 0.5) is 0 Å². The molecular weight excluding hydrogens is 304 g/mol. The van der Waals surface area contributed by atoms with Crippen LogP contribution in [-0.2, 0) is 0 Å². The summed E-state index contributed by atoms with van der Waals surface area (Å²) in [7, 11) is 0. The van der Waals surface area contributed by atoms with Gasteiger partial charge < -0.3 is 0 Å². The van der Waals surface area contributed by atoms with Crippen LogP contribution in [0.3, 0.4) is 0 Å². The van der Waals surface area contributed by atoms with Crippen LogP contribution in [0.2, 0.25) is 0 Å². The topological polar surface area (TPSA) is 25.8 Å². The van der Waals surface area contributed by atoms with Crippen LogP contribution in [0.1, 0.15) is 19.0 Å². The SMILES string of the molecule is CC1C=CC=C(c2ccc(-c3ccc(-c4ccccc4)nc3)cn2)C1. The summed E-state index contributed by atoms with van der Waals surface area (Å²) in [5.74, 6) is 0.580. The zero-order valence-corrected chi connectivity index (χ0v) is 14.3. The Bertz CT molecular complexity index is 905. The number of hydrogen-bond acceptors (Lipinski definition) is 2. The molecule has 0 N–H and O–H groups in total. The molecule has 1 atom stereocenters. The second-order valence-electron chi connectivity index (χ2n) is 6.49. The van der Waals surface area contributed by atoms with Crippen molar-refractivity contribution >= 4 is 5.57 Å². The predicted octanol–water partition coefficient (Wildman–Crippen LogP) is 5.79. The first-order valence-electron chi connectivity index (χ1n) is 8.65. The second-order valence-corrected chi connectivity index (χ2v) is 6.49. The van der Waals surface area contributed by atoms with Crippen LogP contribution < -0.4 is 0 Å². The van der Waals surface area contributed by atoms with Gasteiger partial charge in [-0.05, 0) is 30.0 Å². The normalized spacial score (nSPS) is 16.5. The highest BCUT2D eigenvalue weighted by molar-refractivity contribution is 5.70. The van der Waals surface area contributed by atoms with Crippen molar-refractivity contribution in [1.29, 1.82) is 0 Å². The Morgan fingerprint density at radius 3 is 2.04 bits per heavy atom. The third-order valence-corrected chi connectivity index (χ3v) is 4.54. The molecule has 25 heavy (non-hydrogen) atoms. The lowest BCUT2D eigenvalue weighted by molar-refractivity contribution is 0.746. The molecule has 0 saturated heterocycles. The van der Waals surface area contributed by atoms with Crippen molar-refractivity contribution in [3.8, 4) is 22.4 Å². The van der Waals surface area contributed by atoms with E-state index in [9.17, 15) is 0 Å². The third-order valence-electron chi connectivity index (χ3n) is 4.54. The molecular formula is C23H20N2. The molecule has 0 radical (unpaired) electrons. The number of pyridine rings is 2. The number of aromatic nitrogens is 2. The Hall–Kier alpha value is -3.00. The summed E-state index contributed by atoms with van der Waals surface area (Å²) in [6.45, 7) is 2.23. The minimum Gasteiger partial charge on any atom is -0.256 e. The van der Waals surface area contributed by atoms with Crippen molar-refractivity contribution in [2.45, 2.75) is 13.3 Å². The molecule has 3 aromatic rings. The summed E-state index contributed by atoms with van der Waals surface area (Å²) in [5, 5.41) is 0. The maximum absolute atomic E-state index is 4.66. The standard InChI is InChI=1S/C23H20N2/c1-17-6-5-9-19(14-17)23-13-11-21(16-25-23)20-10-12-22(24-15-20)18-7-3-2-4-8-18/h2-13,15-17H,14H2,1H3. The van der Waals surface area contributed by atoms with E-state index in [0.29, 0.717) is 5.92 Å². The third kappa shape index (κ3) is 3.43. The fraction of sp³-hybridized carbons (Fsp3) is 0.130. The molecule has 2 heteroatoms. The van der Waals surface area contributed by atoms with E-state index in [1.54, 1.807) is 0 Å². The molecule has 1 aromatic carbocycles. The first-order valence-corrected chi connectivity index (χ1v) is 8.65. The van der Waals surface area contributed by atoms with Gasteiger partial charge in [0.05, 0.1) is 11.4 Å². The molecule has 1 aliphatic rings. The first-order chi connectivity index (χ1) is 12.3. The smallest absolute Gasteiger partial charge is 0.0702 e. The summed E-state index contributed by atoms with van der Waals surface area (Å²) in [4.78, 5) is 9.26. The summed E-state index contributed by atoms with van der Waals surface area (Å²) < 4.78 is 0. The highest BCUT2D eigenvalue weighted by atomic mass is 14.7. The molecule has 0 aliphatic heterocycles. The Balaban J connectivity index is 1.56. The molecule has 4 rings (SSSR count). The zero-order chi connectivity index (χ0) is 17.1. The minimum absolute atomic E-state index is 0.580. The van der Waals surface area contributed by atoms with Crippen molar-refractivity contribution in [3.63, 3.8) is 0 Å². The van der Waals surface area contributed by atoms with Crippen LogP contribution in [0.15, 0.2) is 85.2 Å². The zero-order valence-electron chi connectivity index (χ0n) is 14.3. The van der Waals surface area contributed by atoms with Gasteiger partial charge >= 0.3 is 0 Å². The van der Waals surface area contributed by atoms with Crippen molar-refractivity contribution in [2.75, 3.05) is 0 Å². The van der Waals surface area contributed by atoms with E-state index in [2.05, 4.69) is 71.5 Å². The lowest BCUT2D eigenvalue weighted by Gasteiger charge is -2.14. The summed E-state index contributed by atoms with van der Waals surface area (Å²) in [6, 6.07) is 18.6. The molecule has 0 bridgehead atoms. The summed E-state index contributed by atoms with van der Waals surface area (Å²) in [5.41, 5.74) is 6.67. The lowest BCUT2D eigenvalue weighted by Crippen LogP contribution is -1.99. The molecule has 2 aromatic heterocycles. The first kappa shape index (κ1) is 15.5. The average molecular weight is 324 g/mol. The molecule has 1 unspecified atom stereocenters. The predicted molar refractivity (Wildman–Crippen MR) is 104 cm³/mol. The van der Waals surface area contributed by atoms with E-state index in [0.717, 1.165) is 34.5 Å². The Morgan fingerprint density at radius 2 is 1.44 bits per heavy atom. The Labute approximate surface area is 148 Å². The van der Waals surface area contributed by atoms with Gasteiger partial charge in [0.2, 0.25) is 0 Å². The summed E-state index contributed by atoms with van der Waals surface area (Å²) in [6.07, 6.45) is 11.4. The maximum Gasteiger partial charge on any atom is 0.0702 e. The van der Waals surface area contributed by atoms with Gasteiger partial charge in [0.15, 0.2) is 0 Å². The van der Waals surface area contributed by atoms with Gasteiger partial charge in [0.1, 0.15) is 0 Å². The number of nitrogens with zero attached hydrogens (tertiary/aromatic N) is 2. The molecule has 0 saturated carbocycles. The highest BCUT2D eigenvalue weighted by Crippen LogP contribution is 2.27. The largest absolute Gasteiger partial charge is 0.256 e. The molecule has 0 spiro atoms. The lowest BCUT2D eigenvalue weighted by atomic mass is 9.93. The van der Waals surface area contributed by atoms with E-state index in [-0.39, 0.29) is 0 Å². The van der Waals surface area contributed by atoms with Gasteiger partial charge in [-0.1, -0.05) is 67.6 Å². The molecule has 122 valence electrons. The molecule has 1 aliphatic carbocycles. The monoisotopic (exact) mass is 324 g/mol. The van der Waals surface area contributed by atoms with Gasteiger partial charge in [0.25, 0.3) is 0 Å². The van der Waals surface area contributed by atoms with Crippen molar-refractivity contribution in [1.82, 2.24) is 9.97 Å². The summed E-state index contributed by atoms with van der Waals surface area (Å²) >= 11 is 0. The quantitative estimate of drug-likeness (QED) is 0.609. The van der Waals surface area contributed by atoms with Gasteiger partial charge in [-0.25, -0.2) is 0 Å². The second kappa shape index (κ2) is 6.86. The van der Waals surface area contributed by atoms with E-state index >= 15 is 0 Å². The Kier molecular flexibility index (Phi) is 4.26. The molecule has 2 heterocycles. The van der Waals surface area contributed by atoms with Crippen molar-refractivity contribution < 1.29 is 0 Å². The maximum atomic E-state index is 4.66. The molecule has 0 fully saturated rings. The van der Waals surface area contributed by atoms with Gasteiger partial charge in [0, 0.05) is 29.1 Å². The van der Waals surface area contributed by atoms with Gasteiger partial charge in [-0.3, -0.25) is 9.97 Å². The molecule has 2 nitrogen and oxygen atoms in total. The van der Waals surface area contributed by atoms with E-state index in [1.807, 2.05) is 30.6 Å². The number of rotatable bonds is 3. The minimum atomic E-state index is 0.580. The van der Waals surface area contributed by atoms with Crippen molar-refractivity contribution in [2.24, 2.45) is 5.92 Å². The van der Waals surface area contributed by atoms with Crippen LogP contribution in [0, 0.1) is 5.92 Å². The van der Waals surface area contributed by atoms with Gasteiger partial charge in [-0.2, -0.15) is 0 Å². The highest BCUT2D eigenvalue weighted by Gasteiger charge is 2.10. The average Bonchev–Trinajstić information content (AvgIpc) is 2.69. The van der Waals surface area contributed by atoms with E-state index < -0.39 is 0 Å². The van der Waals surface area contributed by atoms with E-state index in [4.69, 9.17) is 0 Å². The number of hydrogen-bond donors (Lipinski definition) is 0. The van der Waals surface area contributed by atoms with Crippen LogP contribution in [0.25, 0.3) is 28.0 Å². The van der Waals surface area contributed by atoms with Crippen LogP contribution in [0.5, 0.6) is 0 Å². The van der Waals surface area contributed by atoms with Crippen LogP contribution >= 0.6 is 0 Å². The fourth-order valence-electron chi connectivity index (χ4n) is 3.13. The number of benzene rings is 1.